The number of rotatable bonds is 3. The Morgan fingerprint density at radius 3 is 2.32 bits per heavy atom. The Balaban J connectivity index is 2.71. The van der Waals surface area contributed by atoms with Crippen LogP contribution >= 0.6 is 0 Å². The minimum Gasteiger partial charge on any atom is -0.497 e. The van der Waals surface area contributed by atoms with E-state index in [1.807, 2.05) is 0 Å². The molecule has 0 unspecified atom stereocenters. The van der Waals surface area contributed by atoms with Crippen molar-refractivity contribution in [3.8, 4) is 5.75 Å². The van der Waals surface area contributed by atoms with E-state index in [0.29, 0.717) is 15.9 Å². The van der Waals surface area contributed by atoms with Gasteiger partial charge in [-0.25, -0.2) is 17.6 Å². The van der Waals surface area contributed by atoms with Gasteiger partial charge in [-0.05, 0) is 24.3 Å². The van der Waals surface area contributed by atoms with Gasteiger partial charge in [0, 0.05) is 14.1 Å². The second kappa shape index (κ2) is 5.76. The minimum atomic E-state index is -4.22. The Kier molecular flexibility index (Phi) is 4.18. The maximum atomic E-state index is 13.9. The molecule has 1 heterocycles. The summed E-state index contributed by atoms with van der Waals surface area (Å²) >= 11 is 0. The SMILES string of the molecule is C/N=c1/c(F)cn(S(=O)(=O)c2ccc(OC)cc2)c(=O)n1C. The number of methoxy groups -OCH3 is 1. The number of hydrogen-bond donors (Lipinski definition) is 0. The van der Waals surface area contributed by atoms with Crippen LogP contribution in [0.2, 0.25) is 0 Å². The van der Waals surface area contributed by atoms with Crippen molar-refractivity contribution in [2.45, 2.75) is 4.90 Å². The van der Waals surface area contributed by atoms with E-state index in [9.17, 15) is 17.6 Å². The van der Waals surface area contributed by atoms with Crippen LogP contribution in [-0.2, 0) is 17.1 Å². The predicted molar refractivity (Wildman–Crippen MR) is 76.7 cm³/mol. The number of ether oxygens (including phenoxy) is 1. The van der Waals surface area contributed by atoms with Crippen LogP contribution in [0.1, 0.15) is 0 Å². The monoisotopic (exact) mass is 327 g/mol. The zero-order valence-electron chi connectivity index (χ0n) is 12.1. The largest absolute Gasteiger partial charge is 0.497 e. The van der Waals surface area contributed by atoms with Crippen molar-refractivity contribution in [1.82, 2.24) is 8.54 Å². The third-order valence-electron chi connectivity index (χ3n) is 3.07. The summed E-state index contributed by atoms with van der Waals surface area (Å²) in [5.74, 6) is -0.454. The van der Waals surface area contributed by atoms with Crippen LogP contribution in [0.5, 0.6) is 5.75 Å². The van der Waals surface area contributed by atoms with Crippen molar-refractivity contribution in [2.75, 3.05) is 14.2 Å². The summed E-state index contributed by atoms with van der Waals surface area (Å²) in [6.45, 7) is 0. The van der Waals surface area contributed by atoms with Crippen molar-refractivity contribution < 1.29 is 17.5 Å². The van der Waals surface area contributed by atoms with Gasteiger partial charge in [0.1, 0.15) is 5.75 Å². The van der Waals surface area contributed by atoms with E-state index in [1.54, 1.807) is 0 Å². The summed E-state index contributed by atoms with van der Waals surface area (Å²) in [7, 11) is -0.228. The van der Waals surface area contributed by atoms with E-state index in [1.165, 1.54) is 45.5 Å². The van der Waals surface area contributed by atoms with Crippen molar-refractivity contribution >= 4 is 10.0 Å². The molecule has 2 rings (SSSR count). The van der Waals surface area contributed by atoms with E-state index in [-0.39, 0.29) is 10.4 Å². The molecule has 0 saturated carbocycles. The van der Waals surface area contributed by atoms with Crippen LogP contribution < -0.4 is 15.9 Å². The molecule has 0 aliphatic rings. The summed E-state index contributed by atoms with van der Waals surface area (Å²) in [5, 5.41) is 0. The Bertz CT molecular complexity index is 927. The van der Waals surface area contributed by atoms with Crippen LogP contribution in [0.3, 0.4) is 0 Å². The van der Waals surface area contributed by atoms with Crippen LogP contribution in [0.25, 0.3) is 0 Å². The van der Waals surface area contributed by atoms with Gasteiger partial charge in [0.25, 0.3) is 10.0 Å². The van der Waals surface area contributed by atoms with Crippen molar-refractivity contribution in [3.63, 3.8) is 0 Å². The highest BCUT2D eigenvalue weighted by Crippen LogP contribution is 2.17. The minimum absolute atomic E-state index is 0.156. The first-order chi connectivity index (χ1) is 10.3. The topological polar surface area (TPSA) is 82.7 Å². The van der Waals surface area contributed by atoms with Gasteiger partial charge in [0.15, 0.2) is 11.3 Å². The zero-order chi connectivity index (χ0) is 16.5. The quantitative estimate of drug-likeness (QED) is 0.801. The molecule has 0 N–H and O–H groups in total. The molecule has 7 nitrogen and oxygen atoms in total. The standard InChI is InChI=1S/C13H14FN3O4S/c1-15-12-11(14)8-17(13(18)16(12)2)22(19,20)10-6-4-9(21-3)5-7-10/h4-8H,1-3H3/b15-12-. The molecule has 0 radical (unpaired) electrons. The molecule has 0 amide bonds. The fraction of sp³-hybridized carbons (Fsp3) is 0.231. The van der Waals surface area contributed by atoms with Crippen molar-refractivity contribution in [2.24, 2.45) is 12.0 Å². The molecule has 118 valence electrons. The fourth-order valence-corrected chi connectivity index (χ4v) is 3.17. The van der Waals surface area contributed by atoms with Gasteiger partial charge in [-0.15, -0.1) is 0 Å². The molecule has 0 spiro atoms. The summed E-state index contributed by atoms with van der Waals surface area (Å²) in [4.78, 5) is 15.6. The summed E-state index contributed by atoms with van der Waals surface area (Å²) in [5.41, 5.74) is -1.15. The molecule has 0 aliphatic carbocycles. The van der Waals surface area contributed by atoms with Gasteiger partial charge in [0.2, 0.25) is 0 Å². The molecule has 0 atom stereocenters. The number of benzene rings is 1. The lowest BCUT2D eigenvalue weighted by Gasteiger charge is -2.10. The molecule has 0 saturated heterocycles. The van der Waals surface area contributed by atoms with Gasteiger partial charge < -0.3 is 4.74 Å². The molecular formula is C13H14FN3O4S. The second-order valence-corrected chi connectivity index (χ2v) is 6.16. The highest BCUT2D eigenvalue weighted by atomic mass is 32.2. The first kappa shape index (κ1) is 16.0. The normalized spacial score (nSPS) is 12.5. The Labute approximate surface area is 126 Å². The Morgan fingerprint density at radius 2 is 1.82 bits per heavy atom. The van der Waals surface area contributed by atoms with Crippen LogP contribution in [0.4, 0.5) is 4.39 Å². The van der Waals surface area contributed by atoms with Crippen molar-refractivity contribution in [1.29, 1.82) is 0 Å². The molecule has 0 bridgehead atoms. The van der Waals surface area contributed by atoms with Crippen LogP contribution in [0, 0.1) is 5.82 Å². The molecular weight excluding hydrogens is 313 g/mol. The number of nitrogens with zero attached hydrogens (tertiary/aromatic N) is 3. The van der Waals surface area contributed by atoms with E-state index < -0.39 is 21.5 Å². The van der Waals surface area contributed by atoms with Crippen molar-refractivity contribution in [3.05, 3.63) is 52.3 Å². The van der Waals surface area contributed by atoms with E-state index in [4.69, 9.17) is 4.74 Å². The lowest BCUT2D eigenvalue weighted by Crippen LogP contribution is -2.42. The number of hydrogen-bond acceptors (Lipinski definition) is 5. The highest BCUT2D eigenvalue weighted by Gasteiger charge is 2.21. The lowest BCUT2D eigenvalue weighted by atomic mass is 10.3. The first-order valence-electron chi connectivity index (χ1n) is 6.13. The average molecular weight is 327 g/mol. The molecule has 0 aliphatic heterocycles. The Hall–Kier alpha value is -2.42. The number of halogens is 1. The molecule has 0 fully saturated rings. The van der Waals surface area contributed by atoms with Gasteiger partial charge in [0.05, 0.1) is 18.2 Å². The molecule has 9 heteroatoms. The third kappa shape index (κ3) is 2.54. The van der Waals surface area contributed by atoms with E-state index >= 15 is 0 Å². The average Bonchev–Trinajstić information content (AvgIpc) is 2.51. The van der Waals surface area contributed by atoms with Gasteiger partial charge >= 0.3 is 5.69 Å². The predicted octanol–water partition coefficient (Wildman–Crippen LogP) is 0.102. The lowest BCUT2D eigenvalue weighted by molar-refractivity contribution is 0.414. The maximum absolute atomic E-state index is 13.9. The van der Waals surface area contributed by atoms with Gasteiger partial charge in [-0.3, -0.25) is 9.56 Å². The molecule has 2 aromatic rings. The molecule has 1 aromatic heterocycles. The van der Waals surface area contributed by atoms with Crippen LogP contribution in [-0.4, -0.2) is 31.1 Å². The summed E-state index contributed by atoms with van der Waals surface area (Å²) in [6.07, 6.45) is 0.615. The maximum Gasteiger partial charge on any atom is 0.343 e. The number of aromatic nitrogens is 2. The smallest absolute Gasteiger partial charge is 0.343 e. The van der Waals surface area contributed by atoms with Gasteiger partial charge in [-0.1, -0.05) is 0 Å². The summed E-state index contributed by atoms with van der Waals surface area (Å²) < 4.78 is 45.0. The fourth-order valence-electron chi connectivity index (χ4n) is 1.90. The zero-order valence-corrected chi connectivity index (χ0v) is 13.0. The first-order valence-corrected chi connectivity index (χ1v) is 7.57. The Morgan fingerprint density at radius 1 is 1.23 bits per heavy atom. The highest BCUT2D eigenvalue weighted by molar-refractivity contribution is 7.90. The van der Waals surface area contributed by atoms with E-state index in [0.717, 1.165) is 4.57 Å². The second-order valence-electron chi connectivity index (χ2n) is 4.34. The third-order valence-corrected chi connectivity index (χ3v) is 4.71. The molecule has 22 heavy (non-hydrogen) atoms. The summed E-state index contributed by atoms with van der Waals surface area (Å²) in [6, 6.07) is 5.42. The van der Waals surface area contributed by atoms with Crippen LogP contribution in [0.15, 0.2) is 45.1 Å². The van der Waals surface area contributed by atoms with E-state index in [2.05, 4.69) is 4.99 Å². The van der Waals surface area contributed by atoms with Gasteiger partial charge in [-0.2, -0.15) is 3.97 Å². The molecule has 1 aromatic carbocycles.